The fraction of sp³-hybridized carbons (Fsp3) is 0.708. The molecular weight excluding hydrogens is 657 g/mol. The van der Waals surface area contributed by atoms with Gasteiger partial charge in [0.25, 0.3) is 0 Å². The third kappa shape index (κ3) is 20.1. The maximum absolute atomic E-state index is 12.5. The predicted octanol–water partition coefficient (Wildman–Crippen LogP) is 13.0. The summed E-state index contributed by atoms with van der Waals surface area (Å²) in [5, 5.41) is 22.7. The summed E-state index contributed by atoms with van der Waals surface area (Å²) in [5.74, 6) is -0.131. The van der Waals surface area contributed by atoms with E-state index in [-0.39, 0.29) is 11.9 Å². The maximum atomic E-state index is 12.5. The van der Waals surface area contributed by atoms with Gasteiger partial charge in [-0.25, -0.2) is 0 Å². The second kappa shape index (κ2) is 28.0. The molecule has 302 valence electrons. The third-order valence-corrected chi connectivity index (χ3v) is 11.7. The van der Waals surface area contributed by atoms with Gasteiger partial charge in [0.15, 0.2) is 0 Å². The van der Waals surface area contributed by atoms with Crippen molar-refractivity contribution in [2.75, 3.05) is 6.61 Å². The summed E-state index contributed by atoms with van der Waals surface area (Å²) in [6.07, 6.45) is 36.0. The van der Waals surface area contributed by atoms with Crippen molar-refractivity contribution in [3.05, 3.63) is 70.4 Å². The van der Waals surface area contributed by atoms with Crippen LogP contribution < -0.4 is 0 Å². The Kier molecular flexibility index (Phi) is 25.6. The van der Waals surface area contributed by atoms with Crippen molar-refractivity contribution in [3.63, 3.8) is 0 Å². The lowest BCUT2D eigenvalue weighted by Crippen LogP contribution is -2.52. The minimum atomic E-state index is -0.909. The molecule has 4 atom stereocenters. The minimum absolute atomic E-state index is 0.00188. The van der Waals surface area contributed by atoms with Crippen molar-refractivity contribution in [1.29, 1.82) is 0 Å². The Balaban J connectivity index is 2.58. The van der Waals surface area contributed by atoms with Gasteiger partial charge < -0.3 is 14.9 Å². The topological polar surface area (TPSA) is 83.8 Å². The van der Waals surface area contributed by atoms with Gasteiger partial charge in [-0.15, -0.1) is 0 Å². The highest BCUT2D eigenvalue weighted by molar-refractivity contribution is 5.74. The van der Waals surface area contributed by atoms with E-state index in [0.717, 1.165) is 87.2 Å². The van der Waals surface area contributed by atoms with Gasteiger partial charge in [0.1, 0.15) is 6.29 Å². The first kappa shape index (κ1) is 48.5. The Labute approximate surface area is 326 Å². The van der Waals surface area contributed by atoms with E-state index in [1.54, 1.807) is 0 Å². The molecule has 1 aliphatic carbocycles. The van der Waals surface area contributed by atoms with E-state index in [0.29, 0.717) is 38.7 Å². The molecule has 0 radical (unpaired) electrons. The van der Waals surface area contributed by atoms with E-state index in [1.807, 2.05) is 20.8 Å². The average molecular weight is 737 g/mol. The van der Waals surface area contributed by atoms with Crippen LogP contribution in [0.1, 0.15) is 190 Å². The lowest BCUT2D eigenvalue weighted by atomic mass is 9.54. The van der Waals surface area contributed by atoms with Gasteiger partial charge in [-0.3, -0.25) is 9.59 Å². The third-order valence-electron chi connectivity index (χ3n) is 11.7. The standard InChI is InChI=1S/C48H80O5/c1-9-10-11-12-13-14-15-16-17-18-19-20-21-22-23-31-46(51)53-37-26-30-44-43(42(6)38-49)34-36-48(8,52)47(44,7)35-25-29-41(5)45(50)33-32-40(4)28-24-27-39(2)3/h13-14,16-17,27,29,32,38,44-45,50,52H,9-12,15,18-26,28,30-31,33-37H2,1-8H3/b14-13+,17-16+,40-32+,41-29+,43-42+/t44-,45?,47+,48+/m1/s1. The lowest BCUT2D eigenvalue weighted by Gasteiger charge is -2.53. The number of carbonyl (C=O) groups excluding carboxylic acids is 2. The summed E-state index contributed by atoms with van der Waals surface area (Å²) >= 11 is 0. The molecule has 1 saturated carbocycles. The molecule has 0 spiro atoms. The van der Waals surface area contributed by atoms with Crippen molar-refractivity contribution in [1.82, 2.24) is 0 Å². The van der Waals surface area contributed by atoms with Crippen LogP contribution in [0.15, 0.2) is 70.4 Å². The van der Waals surface area contributed by atoms with Crippen LogP contribution in [0.5, 0.6) is 0 Å². The zero-order valence-electron chi connectivity index (χ0n) is 35.4. The Hall–Kier alpha value is -2.50. The Morgan fingerprint density at radius 1 is 0.830 bits per heavy atom. The molecule has 0 aromatic carbocycles. The summed E-state index contributed by atoms with van der Waals surface area (Å²) < 4.78 is 5.66. The van der Waals surface area contributed by atoms with Crippen LogP contribution in [0, 0.1) is 11.3 Å². The van der Waals surface area contributed by atoms with E-state index in [9.17, 15) is 19.8 Å². The van der Waals surface area contributed by atoms with Crippen LogP contribution >= 0.6 is 0 Å². The van der Waals surface area contributed by atoms with Gasteiger partial charge in [0, 0.05) is 11.8 Å². The molecule has 0 aliphatic heterocycles. The number of rotatable bonds is 28. The van der Waals surface area contributed by atoms with E-state index in [2.05, 4.69) is 77.2 Å². The van der Waals surface area contributed by atoms with Crippen LogP contribution in [0.4, 0.5) is 0 Å². The fourth-order valence-corrected chi connectivity index (χ4v) is 7.63. The fourth-order valence-electron chi connectivity index (χ4n) is 7.63. The quantitative estimate of drug-likeness (QED) is 0.0275. The number of ether oxygens (including phenoxy) is 1. The summed E-state index contributed by atoms with van der Waals surface area (Å²) in [6.45, 7) is 16.9. The number of hydrogen-bond donors (Lipinski definition) is 2. The molecule has 0 bridgehead atoms. The zero-order valence-corrected chi connectivity index (χ0v) is 35.4. The second-order valence-corrected chi connectivity index (χ2v) is 16.5. The summed E-state index contributed by atoms with van der Waals surface area (Å²) in [5.41, 5.74) is 4.07. The maximum Gasteiger partial charge on any atom is 0.305 e. The average Bonchev–Trinajstić information content (AvgIpc) is 3.11. The van der Waals surface area contributed by atoms with Crippen LogP contribution in [0.2, 0.25) is 0 Å². The van der Waals surface area contributed by atoms with Crippen LogP contribution in [-0.2, 0) is 14.3 Å². The Morgan fingerprint density at radius 3 is 2.15 bits per heavy atom. The minimum Gasteiger partial charge on any atom is -0.466 e. The van der Waals surface area contributed by atoms with E-state index >= 15 is 0 Å². The zero-order chi connectivity index (χ0) is 39.5. The van der Waals surface area contributed by atoms with Crippen LogP contribution in [0.3, 0.4) is 0 Å². The molecule has 5 nitrogen and oxygen atoms in total. The van der Waals surface area contributed by atoms with E-state index in [1.165, 1.54) is 49.7 Å². The van der Waals surface area contributed by atoms with Gasteiger partial charge in [0.2, 0.25) is 0 Å². The largest absolute Gasteiger partial charge is 0.466 e. The first-order valence-electron chi connectivity index (χ1n) is 21.3. The number of carbonyl (C=O) groups is 2. The molecule has 1 rings (SSSR count). The van der Waals surface area contributed by atoms with Crippen molar-refractivity contribution < 1.29 is 24.5 Å². The van der Waals surface area contributed by atoms with Gasteiger partial charge in [-0.05, 0) is 155 Å². The van der Waals surface area contributed by atoms with Crippen LogP contribution in [-0.4, -0.2) is 40.8 Å². The van der Waals surface area contributed by atoms with Crippen molar-refractivity contribution in [3.8, 4) is 0 Å². The summed E-state index contributed by atoms with van der Waals surface area (Å²) in [7, 11) is 0. The number of aliphatic hydroxyl groups is 2. The highest BCUT2D eigenvalue weighted by Gasteiger charge is 2.52. The number of allylic oxidation sites excluding steroid dienone is 10. The monoisotopic (exact) mass is 737 g/mol. The molecule has 0 aromatic rings. The molecule has 1 unspecified atom stereocenters. The number of hydrogen-bond acceptors (Lipinski definition) is 5. The first-order chi connectivity index (χ1) is 25.3. The highest BCUT2D eigenvalue weighted by atomic mass is 16.5. The molecule has 0 aromatic heterocycles. The van der Waals surface area contributed by atoms with Gasteiger partial charge in [0.05, 0.1) is 18.3 Å². The number of unbranched alkanes of at least 4 members (excludes halogenated alkanes) is 8. The molecule has 0 saturated heterocycles. The Bertz CT molecular complexity index is 1220. The highest BCUT2D eigenvalue weighted by Crippen LogP contribution is 2.55. The molecule has 53 heavy (non-hydrogen) atoms. The second-order valence-electron chi connectivity index (χ2n) is 16.5. The SMILES string of the molecule is CCCCC/C=C/C/C=C/CCCCCCCC(=O)OCCC[C@@H]1/C(=C(\C)C=O)CC[C@](C)(O)[C@@]1(C)CC/C=C(\C)C(O)C/C=C(\C)CCC=C(C)C. The van der Waals surface area contributed by atoms with Gasteiger partial charge >= 0.3 is 5.97 Å². The van der Waals surface area contributed by atoms with Crippen molar-refractivity contribution in [2.45, 2.75) is 202 Å². The smallest absolute Gasteiger partial charge is 0.305 e. The summed E-state index contributed by atoms with van der Waals surface area (Å²) in [4.78, 5) is 24.5. The molecule has 1 fully saturated rings. The Morgan fingerprint density at radius 2 is 1.49 bits per heavy atom. The van der Waals surface area contributed by atoms with Crippen molar-refractivity contribution in [2.24, 2.45) is 11.3 Å². The number of esters is 1. The first-order valence-corrected chi connectivity index (χ1v) is 21.3. The molecule has 0 amide bonds. The lowest BCUT2D eigenvalue weighted by molar-refractivity contribution is -0.144. The summed E-state index contributed by atoms with van der Waals surface area (Å²) in [6, 6.07) is 0. The molecular formula is C48H80O5. The number of aliphatic hydroxyl groups excluding tert-OH is 1. The van der Waals surface area contributed by atoms with Crippen molar-refractivity contribution >= 4 is 12.3 Å². The molecule has 0 heterocycles. The molecule has 2 N–H and O–H groups in total. The van der Waals surface area contributed by atoms with Crippen LogP contribution in [0.25, 0.3) is 0 Å². The van der Waals surface area contributed by atoms with Gasteiger partial charge in [-0.1, -0.05) is 105 Å². The number of aldehydes is 1. The van der Waals surface area contributed by atoms with E-state index in [4.69, 9.17) is 4.74 Å². The molecule has 5 heteroatoms. The predicted molar refractivity (Wildman–Crippen MR) is 226 cm³/mol. The normalized spacial score (nSPS) is 22.7. The van der Waals surface area contributed by atoms with E-state index < -0.39 is 17.1 Å². The molecule has 1 aliphatic rings. The van der Waals surface area contributed by atoms with Gasteiger partial charge in [-0.2, -0.15) is 0 Å².